The van der Waals surface area contributed by atoms with Gasteiger partial charge in [-0.3, -0.25) is 14.6 Å². The van der Waals surface area contributed by atoms with Gasteiger partial charge in [0.25, 0.3) is 11.8 Å². The third-order valence-electron chi connectivity index (χ3n) is 4.73. The van der Waals surface area contributed by atoms with Gasteiger partial charge in [0.1, 0.15) is 0 Å². The van der Waals surface area contributed by atoms with Crippen molar-refractivity contribution in [2.45, 2.75) is 39.2 Å². The molecule has 0 fully saturated rings. The number of aromatic nitrogens is 1. The first-order valence-electron chi connectivity index (χ1n) is 9.28. The van der Waals surface area contributed by atoms with Crippen molar-refractivity contribution in [2.75, 3.05) is 13.1 Å². The van der Waals surface area contributed by atoms with Gasteiger partial charge in [-0.05, 0) is 30.0 Å². The van der Waals surface area contributed by atoms with Crippen LogP contribution in [0.15, 0.2) is 42.7 Å². The van der Waals surface area contributed by atoms with Crippen LogP contribution in [-0.4, -0.2) is 34.8 Å². The summed E-state index contributed by atoms with van der Waals surface area (Å²) >= 11 is 0. The molecule has 136 valence electrons. The molecule has 0 radical (unpaired) electrons. The highest BCUT2D eigenvalue weighted by Crippen LogP contribution is 2.20. The molecule has 1 aliphatic rings. The number of hydrogen-bond donors (Lipinski definition) is 1. The van der Waals surface area contributed by atoms with Gasteiger partial charge in [0, 0.05) is 32.0 Å². The number of fused-ring (bicyclic) bond motifs is 1. The molecule has 26 heavy (non-hydrogen) atoms. The Bertz CT molecular complexity index is 788. The standard InChI is InChI=1S/C21H25N3O2/c1-2-3-6-10-23-20(25)18-12-19(14-22-13-18)21(26)24-11-9-16-7-4-5-8-17(16)15-24/h4-5,7-8,12-14H,2-3,6,9-11,15H2,1H3,(H,23,25). The Hall–Kier alpha value is -2.69. The van der Waals surface area contributed by atoms with Gasteiger partial charge >= 0.3 is 0 Å². The molecule has 1 N–H and O–H groups in total. The molecule has 0 saturated carbocycles. The van der Waals surface area contributed by atoms with Crippen LogP contribution in [0.2, 0.25) is 0 Å². The summed E-state index contributed by atoms with van der Waals surface area (Å²) in [5.74, 6) is -0.250. The molecule has 3 rings (SSSR count). The number of nitrogens with one attached hydrogen (secondary N) is 1. The van der Waals surface area contributed by atoms with Crippen molar-refractivity contribution < 1.29 is 9.59 Å². The second-order valence-corrected chi connectivity index (χ2v) is 6.67. The van der Waals surface area contributed by atoms with E-state index >= 15 is 0 Å². The average Bonchev–Trinajstić information content (AvgIpc) is 2.70. The minimum absolute atomic E-state index is 0.0763. The van der Waals surface area contributed by atoms with Crippen LogP contribution >= 0.6 is 0 Å². The second kappa shape index (κ2) is 8.61. The van der Waals surface area contributed by atoms with Crippen LogP contribution in [-0.2, 0) is 13.0 Å². The van der Waals surface area contributed by atoms with Crippen LogP contribution in [0.25, 0.3) is 0 Å². The number of unbranched alkanes of at least 4 members (excludes halogenated alkanes) is 2. The first kappa shape index (κ1) is 18.1. The van der Waals surface area contributed by atoms with E-state index in [1.165, 1.54) is 23.5 Å². The summed E-state index contributed by atoms with van der Waals surface area (Å²) in [6, 6.07) is 9.85. The third-order valence-corrected chi connectivity index (χ3v) is 4.73. The fourth-order valence-corrected chi connectivity index (χ4v) is 3.21. The van der Waals surface area contributed by atoms with Gasteiger partial charge in [0.15, 0.2) is 0 Å². The van der Waals surface area contributed by atoms with E-state index in [9.17, 15) is 9.59 Å². The number of amides is 2. The number of carbonyl (C=O) groups excluding carboxylic acids is 2. The largest absolute Gasteiger partial charge is 0.352 e. The van der Waals surface area contributed by atoms with E-state index in [4.69, 9.17) is 0 Å². The quantitative estimate of drug-likeness (QED) is 0.813. The average molecular weight is 351 g/mol. The Morgan fingerprint density at radius 3 is 2.69 bits per heavy atom. The first-order valence-corrected chi connectivity index (χ1v) is 9.28. The van der Waals surface area contributed by atoms with Gasteiger partial charge in [0.05, 0.1) is 11.1 Å². The van der Waals surface area contributed by atoms with Crippen LogP contribution in [0.4, 0.5) is 0 Å². The molecular formula is C21H25N3O2. The molecule has 0 atom stereocenters. The Kier molecular flexibility index (Phi) is 6.00. The highest BCUT2D eigenvalue weighted by atomic mass is 16.2. The highest BCUT2D eigenvalue weighted by Gasteiger charge is 2.22. The monoisotopic (exact) mass is 351 g/mol. The number of nitrogens with zero attached hydrogens (tertiary/aromatic N) is 2. The van der Waals surface area contributed by atoms with E-state index in [2.05, 4.69) is 29.4 Å². The number of carbonyl (C=O) groups is 2. The summed E-state index contributed by atoms with van der Waals surface area (Å²) in [6.07, 6.45) is 7.07. The molecule has 0 unspecified atom stereocenters. The van der Waals surface area contributed by atoms with E-state index in [-0.39, 0.29) is 11.8 Å². The maximum Gasteiger partial charge on any atom is 0.255 e. The molecule has 0 saturated heterocycles. The molecule has 5 heteroatoms. The first-order chi connectivity index (χ1) is 12.7. The van der Waals surface area contributed by atoms with Crippen molar-refractivity contribution >= 4 is 11.8 Å². The Morgan fingerprint density at radius 2 is 1.88 bits per heavy atom. The topological polar surface area (TPSA) is 62.3 Å². The fourth-order valence-electron chi connectivity index (χ4n) is 3.21. The lowest BCUT2D eigenvalue weighted by molar-refractivity contribution is 0.0734. The van der Waals surface area contributed by atoms with Crippen LogP contribution in [0, 0.1) is 0 Å². The molecular weight excluding hydrogens is 326 g/mol. The molecule has 0 spiro atoms. The number of hydrogen-bond acceptors (Lipinski definition) is 3. The van der Waals surface area contributed by atoms with Crippen LogP contribution in [0.3, 0.4) is 0 Å². The summed E-state index contributed by atoms with van der Waals surface area (Å²) in [7, 11) is 0. The Balaban J connectivity index is 1.66. The lowest BCUT2D eigenvalue weighted by Crippen LogP contribution is -2.36. The molecule has 1 aromatic carbocycles. The smallest absolute Gasteiger partial charge is 0.255 e. The maximum absolute atomic E-state index is 12.8. The third kappa shape index (κ3) is 4.28. The van der Waals surface area contributed by atoms with Crippen molar-refractivity contribution in [1.29, 1.82) is 0 Å². The molecule has 0 bridgehead atoms. The predicted molar refractivity (Wildman–Crippen MR) is 101 cm³/mol. The maximum atomic E-state index is 12.8. The Labute approximate surface area is 154 Å². The molecule has 0 aliphatic carbocycles. The van der Waals surface area contributed by atoms with Crippen LogP contribution in [0.1, 0.15) is 58.0 Å². The zero-order chi connectivity index (χ0) is 18.4. The van der Waals surface area contributed by atoms with Gasteiger partial charge in [-0.25, -0.2) is 0 Å². The summed E-state index contributed by atoms with van der Waals surface area (Å²) in [4.78, 5) is 31.0. The predicted octanol–water partition coefficient (Wildman–Crippen LogP) is 3.20. The Morgan fingerprint density at radius 1 is 1.12 bits per heavy atom. The highest BCUT2D eigenvalue weighted by molar-refractivity contribution is 5.99. The van der Waals surface area contributed by atoms with E-state index in [0.717, 1.165) is 25.7 Å². The lowest BCUT2D eigenvalue weighted by atomic mass is 9.99. The summed E-state index contributed by atoms with van der Waals surface area (Å²) in [5.41, 5.74) is 3.38. The van der Waals surface area contributed by atoms with Crippen molar-refractivity contribution in [3.8, 4) is 0 Å². The number of rotatable bonds is 6. The summed E-state index contributed by atoms with van der Waals surface area (Å²) in [6.45, 7) is 4.05. The van der Waals surface area contributed by atoms with Crippen molar-refractivity contribution in [1.82, 2.24) is 15.2 Å². The molecule has 5 nitrogen and oxygen atoms in total. The van der Waals surface area contributed by atoms with E-state index in [0.29, 0.717) is 30.8 Å². The lowest BCUT2D eigenvalue weighted by Gasteiger charge is -2.28. The normalized spacial score (nSPS) is 13.2. The summed E-state index contributed by atoms with van der Waals surface area (Å²) < 4.78 is 0. The van der Waals surface area contributed by atoms with Crippen molar-refractivity contribution in [3.05, 3.63) is 65.0 Å². The van der Waals surface area contributed by atoms with Crippen molar-refractivity contribution in [3.63, 3.8) is 0 Å². The SMILES string of the molecule is CCCCCNC(=O)c1cncc(C(=O)N2CCc3ccccc3C2)c1. The fraction of sp³-hybridized carbons (Fsp3) is 0.381. The zero-order valence-corrected chi connectivity index (χ0v) is 15.2. The molecule has 2 amide bonds. The van der Waals surface area contributed by atoms with E-state index in [1.54, 1.807) is 6.07 Å². The molecule has 1 aliphatic heterocycles. The van der Waals surface area contributed by atoms with Crippen LogP contribution in [0.5, 0.6) is 0 Å². The zero-order valence-electron chi connectivity index (χ0n) is 15.2. The van der Waals surface area contributed by atoms with E-state index < -0.39 is 0 Å². The molecule has 2 aromatic rings. The number of benzene rings is 1. The molecule has 2 heterocycles. The molecule has 1 aromatic heterocycles. The minimum Gasteiger partial charge on any atom is -0.352 e. The van der Waals surface area contributed by atoms with Gasteiger partial charge < -0.3 is 10.2 Å². The van der Waals surface area contributed by atoms with E-state index in [1.807, 2.05) is 17.0 Å². The van der Waals surface area contributed by atoms with Gasteiger partial charge in [-0.1, -0.05) is 44.0 Å². The second-order valence-electron chi connectivity index (χ2n) is 6.67. The minimum atomic E-state index is -0.174. The van der Waals surface area contributed by atoms with Gasteiger partial charge in [-0.2, -0.15) is 0 Å². The van der Waals surface area contributed by atoms with Crippen molar-refractivity contribution in [2.24, 2.45) is 0 Å². The number of pyridine rings is 1. The van der Waals surface area contributed by atoms with Gasteiger partial charge in [-0.15, -0.1) is 0 Å². The summed E-state index contributed by atoms with van der Waals surface area (Å²) in [5, 5.41) is 2.89. The van der Waals surface area contributed by atoms with Gasteiger partial charge in [0.2, 0.25) is 0 Å². The van der Waals surface area contributed by atoms with Crippen LogP contribution < -0.4 is 5.32 Å².